The van der Waals surface area contributed by atoms with Gasteiger partial charge in [-0.1, -0.05) is 5.21 Å². The fourth-order valence-corrected chi connectivity index (χ4v) is 0.709. The molecule has 1 heterocycles. The van der Waals surface area contributed by atoms with E-state index in [9.17, 15) is 4.79 Å². The van der Waals surface area contributed by atoms with Gasteiger partial charge < -0.3 is 5.32 Å². The molecule has 0 aliphatic carbocycles. The van der Waals surface area contributed by atoms with Crippen LogP contribution in [-0.2, 0) is 11.3 Å². The number of aromatic amines is 1. The number of H-pyrrole nitrogens is 1. The molecule has 1 aromatic rings. The number of carbonyl (C=O) groups excluding carboxylic acids is 1. The Morgan fingerprint density at radius 3 is 3.15 bits per heavy atom. The second-order valence-electron chi connectivity index (χ2n) is 2.31. The van der Waals surface area contributed by atoms with E-state index < -0.39 is 0 Å². The fourth-order valence-electron chi connectivity index (χ4n) is 0.709. The maximum absolute atomic E-state index is 11.0. The van der Waals surface area contributed by atoms with Crippen molar-refractivity contribution >= 4 is 5.91 Å². The summed E-state index contributed by atoms with van der Waals surface area (Å²) < 4.78 is 0. The van der Waals surface area contributed by atoms with Crippen molar-refractivity contribution in [2.24, 2.45) is 0 Å². The normalized spacial score (nSPS) is 9.15. The lowest BCUT2D eigenvalue weighted by Gasteiger charge is -1.98. The van der Waals surface area contributed by atoms with Crippen molar-refractivity contribution < 1.29 is 4.79 Å². The maximum Gasteiger partial charge on any atom is 0.221 e. The van der Waals surface area contributed by atoms with Gasteiger partial charge in [-0.2, -0.15) is 5.21 Å². The van der Waals surface area contributed by atoms with E-state index in [4.69, 9.17) is 6.42 Å². The van der Waals surface area contributed by atoms with Crippen molar-refractivity contribution in [1.29, 1.82) is 0 Å². The smallest absolute Gasteiger partial charge is 0.221 e. The van der Waals surface area contributed by atoms with Crippen LogP contribution < -0.4 is 5.32 Å². The zero-order valence-electron chi connectivity index (χ0n) is 6.95. The molecule has 0 fully saturated rings. The highest BCUT2D eigenvalue weighted by atomic mass is 16.1. The summed E-state index contributed by atoms with van der Waals surface area (Å²) in [6, 6.07) is 0. The summed E-state index contributed by atoms with van der Waals surface area (Å²) in [4.78, 5) is 11.0. The van der Waals surface area contributed by atoms with E-state index in [-0.39, 0.29) is 12.5 Å². The Kier molecular flexibility index (Phi) is 3.45. The summed E-state index contributed by atoms with van der Waals surface area (Å²) >= 11 is 0. The number of hydrogen-bond donors (Lipinski definition) is 2. The van der Waals surface area contributed by atoms with Crippen molar-refractivity contribution in [3.05, 3.63) is 5.82 Å². The molecule has 1 aromatic heterocycles. The number of carbonyl (C=O) groups is 1. The number of terminal acetylenes is 1. The minimum absolute atomic E-state index is 0.109. The first-order chi connectivity index (χ1) is 6.33. The van der Waals surface area contributed by atoms with Crippen molar-refractivity contribution in [3.8, 4) is 12.3 Å². The van der Waals surface area contributed by atoms with Crippen LogP contribution in [0.3, 0.4) is 0 Å². The molecule has 0 aromatic carbocycles. The van der Waals surface area contributed by atoms with Crippen LogP contribution in [0.2, 0.25) is 0 Å². The molecule has 0 saturated heterocycles. The zero-order chi connectivity index (χ0) is 9.52. The quantitative estimate of drug-likeness (QED) is 0.594. The second kappa shape index (κ2) is 4.87. The number of hydrogen-bond acceptors (Lipinski definition) is 4. The van der Waals surface area contributed by atoms with E-state index in [1.54, 1.807) is 0 Å². The molecule has 1 rings (SSSR count). The third kappa shape index (κ3) is 3.33. The lowest BCUT2D eigenvalue weighted by Crippen LogP contribution is -2.22. The first-order valence-electron chi connectivity index (χ1n) is 3.75. The molecule has 68 valence electrons. The van der Waals surface area contributed by atoms with Crippen molar-refractivity contribution in [2.45, 2.75) is 19.4 Å². The van der Waals surface area contributed by atoms with Crippen LogP contribution in [0.5, 0.6) is 0 Å². The topological polar surface area (TPSA) is 83.6 Å². The Balaban J connectivity index is 2.20. The van der Waals surface area contributed by atoms with Gasteiger partial charge in [0.05, 0.1) is 6.54 Å². The maximum atomic E-state index is 11.0. The molecule has 0 radical (unpaired) electrons. The van der Waals surface area contributed by atoms with Crippen LogP contribution >= 0.6 is 0 Å². The van der Waals surface area contributed by atoms with E-state index in [2.05, 4.69) is 31.9 Å². The minimum atomic E-state index is -0.109. The summed E-state index contributed by atoms with van der Waals surface area (Å²) in [6.45, 7) is 0.278. The standard InChI is InChI=1S/C7H9N5O/c1-2-3-4-7(13)8-5-6-9-11-12-10-6/h1H,3-5H2,(H,8,13)(H,9,10,11,12). The van der Waals surface area contributed by atoms with Crippen molar-refractivity contribution in [3.63, 3.8) is 0 Å². The molecular weight excluding hydrogens is 170 g/mol. The highest BCUT2D eigenvalue weighted by molar-refractivity contribution is 5.75. The predicted molar refractivity (Wildman–Crippen MR) is 44.1 cm³/mol. The first-order valence-corrected chi connectivity index (χ1v) is 3.75. The SMILES string of the molecule is C#CCCC(=O)NCc1nn[nH]n1. The number of tetrazole rings is 1. The average molecular weight is 179 g/mol. The van der Waals surface area contributed by atoms with E-state index in [0.29, 0.717) is 18.7 Å². The second-order valence-corrected chi connectivity index (χ2v) is 2.31. The van der Waals surface area contributed by atoms with Gasteiger partial charge in [-0.25, -0.2) is 0 Å². The van der Waals surface area contributed by atoms with E-state index >= 15 is 0 Å². The fraction of sp³-hybridized carbons (Fsp3) is 0.429. The molecule has 0 aliphatic rings. The molecule has 0 unspecified atom stereocenters. The molecule has 0 spiro atoms. The van der Waals surface area contributed by atoms with Gasteiger partial charge in [-0.05, 0) is 0 Å². The van der Waals surface area contributed by atoms with Gasteiger partial charge in [-0.15, -0.1) is 22.5 Å². The summed E-state index contributed by atoms with van der Waals surface area (Å²) in [6.07, 6.45) is 5.77. The number of nitrogens with zero attached hydrogens (tertiary/aromatic N) is 3. The Labute approximate surface area is 75.1 Å². The highest BCUT2D eigenvalue weighted by Crippen LogP contribution is 1.87. The Bertz CT molecular complexity index is 299. The predicted octanol–water partition coefficient (Wildman–Crippen LogP) is -0.771. The lowest BCUT2D eigenvalue weighted by atomic mass is 10.3. The zero-order valence-corrected chi connectivity index (χ0v) is 6.95. The number of rotatable bonds is 4. The van der Waals surface area contributed by atoms with E-state index in [1.165, 1.54) is 0 Å². The van der Waals surface area contributed by atoms with Gasteiger partial charge in [0.15, 0.2) is 5.82 Å². The van der Waals surface area contributed by atoms with E-state index in [0.717, 1.165) is 0 Å². The van der Waals surface area contributed by atoms with Gasteiger partial charge in [0.2, 0.25) is 5.91 Å². The minimum Gasteiger partial charge on any atom is -0.349 e. The number of aromatic nitrogens is 4. The van der Waals surface area contributed by atoms with Crippen LogP contribution in [0, 0.1) is 12.3 Å². The summed E-state index contributed by atoms with van der Waals surface area (Å²) in [7, 11) is 0. The number of amides is 1. The molecule has 13 heavy (non-hydrogen) atoms. The van der Waals surface area contributed by atoms with Crippen LogP contribution in [0.25, 0.3) is 0 Å². The summed E-state index contributed by atoms with van der Waals surface area (Å²) in [5, 5.41) is 15.6. The van der Waals surface area contributed by atoms with Crippen molar-refractivity contribution in [2.75, 3.05) is 0 Å². The van der Waals surface area contributed by atoms with Crippen LogP contribution in [-0.4, -0.2) is 26.5 Å². The molecule has 6 nitrogen and oxygen atoms in total. The van der Waals surface area contributed by atoms with Crippen LogP contribution in [0.15, 0.2) is 0 Å². The Morgan fingerprint density at radius 1 is 1.69 bits per heavy atom. The van der Waals surface area contributed by atoms with Gasteiger partial charge in [-0.3, -0.25) is 4.79 Å². The van der Waals surface area contributed by atoms with Crippen LogP contribution in [0.4, 0.5) is 0 Å². The molecule has 0 saturated carbocycles. The molecule has 1 amide bonds. The van der Waals surface area contributed by atoms with Gasteiger partial charge in [0.25, 0.3) is 0 Å². The monoisotopic (exact) mass is 179 g/mol. The van der Waals surface area contributed by atoms with Gasteiger partial charge in [0, 0.05) is 12.8 Å². The lowest BCUT2D eigenvalue weighted by molar-refractivity contribution is -0.121. The molecule has 2 N–H and O–H groups in total. The first kappa shape index (κ1) is 9.19. The van der Waals surface area contributed by atoms with Gasteiger partial charge >= 0.3 is 0 Å². The molecular formula is C7H9N5O. The molecule has 0 atom stereocenters. The molecule has 6 heteroatoms. The van der Waals surface area contributed by atoms with E-state index in [1.807, 2.05) is 0 Å². The largest absolute Gasteiger partial charge is 0.349 e. The van der Waals surface area contributed by atoms with Crippen LogP contribution in [0.1, 0.15) is 18.7 Å². The van der Waals surface area contributed by atoms with Gasteiger partial charge in [0.1, 0.15) is 0 Å². The van der Waals surface area contributed by atoms with Crippen molar-refractivity contribution in [1.82, 2.24) is 25.9 Å². The number of nitrogens with one attached hydrogen (secondary N) is 2. The average Bonchev–Trinajstić information content (AvgIpc) is 2.64. The third-order valence-electron chi connectivity index (χ3n) is 1.33. The Hall–Kier alpha value is -1.90. The summed E-state index contributed by atoms with van der Waals surface area (Å²) in [5.41, 5.74) is 0. The third-order valence-corrected chi connectivity index (χ3v) is 1.33. The Morgan fingerprint density at radius 2 is 2.54 bits per heavy atom. The molecule has 0 aliphatic heterocycles. The summed E-state index contributed by atoms with van der Waals surface area (Å²) in [5.74, 6) is 2.73. The molecule has 0 bridgehead atoms. The highest BCUT2D eigenvalue weighted by Gasteiger charge is 2.01.